The number of aliphatic hydroxyl groups excluding tert-OH is 6. The summed E-state index contributed by atoms with van der Waals surface area (Å²) < 4.78 is 51.1. The van der Waals surface area contributed by atoms with Gasteiger partial charge in [0.15, 0.2) is 0 Å². The Hall–Kier alpha value is -1.01. The largest absolute Gasteiger partial charge is 0.397 e. The third-order valence-electron chi connectivity index (χ3n) is 13.3. The molecule has 0 aromatic heterocycles. The van der Waals surface area contributed by atoms with E-state index in [1.165, 1.54) is 7.11 Å². The first-order valence-electron chi connectivity index (χ1n) is 17.2. The van der Waals surface area contributed by atoms with Gasteiger partial charge >= 0.3 is 10.4 Å². The zero-order valence-corrected chi connectivity index (χ0v) is 29.5. The second-order valence-corrected chi connectivity index (χ2v) is 17.1. The first-order chi connectivity index (χ1) is 22.2. The average molecular weight is 705 g/mol. The van der Waals surface area contributed by atoms with Gasteiger partial charge in [-0.2, -0.15) is 8.42 Å². The van der Waals surface area contributed by atoms with Gasteiger partial charge in [-0.15, -0.1) is 0 Å². The van der Waals surface area contributed by atoms with E-state index in [-0.39, 0.29) is 37.4 Å². The number of hydrogen-bond donors (Lipinski definition) is 8. The third kappa shape index (κ3) is 5.95. The number of fused-ring (bicyclic) bond motifs is 5. The fraction of sp³-hybridized carbons (Fsp3) is 0.882. The van der Waals surface area contributed by atoms with Gasteiger partial charge in [-0.25, -0.2) is 4.18 Å². The number of ether oxygens (including phenoxy) is 2. The topological polar surface area (TPSA) is 224 Å². The van der Waals surface area contributed by atoms with E-state index in [2.05, 4.69) is 0 Å². The maximum Gasteiger partial charge on any atom is 0.397 e. The lowest BCUT2D eigenvalue weighted by Gasteiger charge is -2.64. The molecule has 1 saturated heterocycles. The molecule has 0 spiro atoms. The molecule has 48 heavy (non-hydrogen) atoms. The van der Waals surface area contributed by atoms with Crippen LogP contribution in [0, 0.1) is 52.3 Å². The zero-order chi connectivity index (χ0) is 35.8. The third-order valence-corrected chi connectivity index (χ3v) is 13.7. The molecular formula is C34H56O13S. The van der Waals surface area contributed by atoms with Gasteiger partial charge in [-0.3, -0.25) is 4.55 Å². The molecule has 5 aliphatic rings. The lowest BCUT2D eigenvalue weighted by atomic mass is 9.43. The zero-order valence-electron chi connectivity index (χ0n) is 28.7. The molecule has 1 heterocycles. The Balaban J connectivity index is 1.54. The van der Waals surface area contributed by atoms with Gasteiger partial charge in [-0.1, -0.05) is 52.8 Å². The number of rotatable bonds is 9. The molecule has 276 valence electrons. The van der Waals surface area contributed by atoms with Crippen molar-refractivity contribution in [2.75, 3.05) is 20.3 Å². The smallest absolute Gasteiger partial charge is 0.396 e. The molecule has 6 unspecified atom stereocenters. The minimum atomic E-state index is -5.05. The Kier molecular flexibility index (Phi) is 10.5. The van der Waals surface area contributed by atoms with Crippen molar-refractivity contribution in [3.63, 3.8) is 0 Å². The summed E-state index contributed by atoms with van der Waals surface area (Å²) in [6.07, 6.45) is -1.35. The molecule has 13 nitrogen and oxygen atoms in total. The Morgan fingerprint density at radius 1 is 1.04 bits per heavy atom. The average Bonchev–Trinajstić information content (AvgIpc) is 3.21. The van der Waals surface area contributed by atoms with Crippen LogP contribution >= 0.6 is 0 Å². The first-order valence-corrected chi connectivity index (χ1v) is 18.6. The molecule has 5 rings (SSSR count). The summed E-state index contributed by atoms with van der Waals surface area (Å²) in [4.78, 5) is 0. The maximum absolute atomic E-state index is 12.9. The second kappa shape index (κ2) is 13.2. The van der Waals surface area contributed by atoms with Crippen LogP contribution < -0.4 is 0 Å². The quantitative estimate of drug-likeness (QED) is 0.124. The van der Waals surface area contributed by atoms with Crippen LogP contribution in [0.5, 0.6) is 0 Å². The molecule has 3 saturated carbocycles. The van der Waals surface area contributed by atoms with Gasteiger partial charge in [0.2, 0.25) is 5.79 Å². The van der Waals surface area contributed by atoms with Crippen molar-refractivity contribution in [2.45, 2.75) is 115 Å². The maximum atomic E-state index is 12.9. The van der Waals surface area contributed by atoms with E-state index < -0.39 is 92.9 Å². The predicted octanol–water partition coefficient (Wildman–Crippen LogP) is 0.948. The van der Waals surface area contributed by atoms with Crippen molar-refractivity contribution in [2.24, 2.45) is 52.3 Å². The van der Waals surface area contributed by atoms with Crippen molar-refractivity contribution in [1.82, 2.24) is 0 Å². The normalized spacial score (nSPS) is 49.3. The summed E-state index contributed by atoms with van der Waals surface area (Å²) in [7, 11) is -3.71. The van der Waals surface area contributed by atoms with Crippen LogP contribution in [0.15, 0.2) is 23.8 Å². The molecule has 0 bridgehead atoms. The molecule has 16 atom stereocenters. The molecule has 8 N–H and O–H groups in total. The van der Waals surface area contributed by atoms with E-state index in [1.807, 2.05) is 46.8 Å². The van der Waals surface area contributed by atoms with Gasteiger partial charge in [0.25, 0.3) is 0 Å². The van der Waals surface area contributed by atoms with E-state index in [0.717, 1.165) is 0 Å². The van der Waals surface area contributed by atoms with Crippen molar-refractivity contribution < 1.29 is 62.4 Å². The number of aliphatic hydroxyl groups is 7. The fourth-order valence-electron chi connectivity index (χ4n) is 10.9. The lowest BCUT2D eigenvalue weighted by Crippen LogP contribution is -2.68. The molecule has 1 aliphatic heterocycles. The minimum Gasteiger partial charge on any atom is -0.396 e. The van der Waals surface area contributed by atoms with Crippen LogP contribution in [0.4, 0.5) is 0 Å². The monoisotopic (exact) mass is 704 g/mol. The highest BCUT2D eigenvalue weighted by atomic mass is 32.3. The highest BCUT2D eigenvalue weighted by Gasteiger charge is 2.73. The van der Waals surface area contributed by atoms with Crippen LogP contribution in [0.2, 0.25) is 0 Å². The Labute approximate surface area is 283 Å². The van der Waals surface area contributed by atoms with Gasteiger partial charge in [0.05, 0.1) is 24.4 Å². The van der Waals surface area contributed by atoms with E-state index in [0.29, 0.717) is 31.3 Å². The van der Waals surface area contributed by atoms with Crippen LogP contribution in [0.1, 0.15) is 66.7 Å². The number of methoxy groups -OCH3 is 1. The molecule has 4 fully saturated rings. The molecule has 0 radical (unpaired) electrons. The molecular weight excluding hydrogens is 648 g/mol. The molecule has 14 heteroatoms. The van der Waals surface area contributed by atoms with Gasteiger partial charge in [0, 0.05) is 37.9 Å². The molecule has 4 aliphatic carbocycles. The standard InChI is InChI=1S/C34H56O13S/c1-17(2)19(15-35)8-7-18(3)25-27(39)28(47-48(42,43)44)29-32(25,5)12-10-24-31(4)11-9-20(13-21(31)22(36)14-33(24,29)41)34(45-6)30(40)26(38)23(37)16-46-34/h7-8,13,17-20,22-30,35-41H,9-12,14-16H2,1-6H3,(H,42,43,44)/b8-7+/t18-,19-,20+,22-,23?,24?,25+,26?,27-,28+,29?,30?,31+,32-,33+,34?/m1/s1. The second-order valence-electron chi connectivity index (χ2n) is 16.0. The number of allylic oxidation sites excluding steroid dienone is 1. The summed E-state index contributed by atoms with van der Waals surface area (Å²) in [5, 5.41) is 78.0. The van der Waals surface area contributed by atoms with E-state index >= 15 is 0 Å². The summed E-state index contributed by atoms with van der Waals surface area (Å²) in [5.41, 5.74) is -2.79. The highest BCUT2D eigenvalue weighted by Crippen LogP contribution is 2.70. The van der Waals surface area contributed by atoms with Crippen molar-refractivity contribution in [3.05, 3.63) is 23.8 Å². The predicted molar refractivity (Wildman–Crippen MR) is 172 cm³/mol. The Morgan fingerprint density at radius 3 is 2.29 bits per heavy atom. The number of hydrogen-bond acceptors (Lipinski definition) is 12. The van der Waals surface area contributed by atoms with E-state index in [1.54, 1.807) is 6.08 Å². The van der Waals surface area contributed by atoms with Gasteiger partial charge < -0.3 is 45.2 Å². The van der Waals surface area contributed by atoms with Crippen LogP contribution in [-0.4, -0.2) is 117 Å². The highest BCUT2D eigenvalue weighted by molar-refractivity contribution is 7.80. The van der Waals surface area contributed by atoms with Crippen LogP contribution in [0.3, 0.4) is 0 Å². The van der Waals surface area contributed by atoms with E-state index in [4.69, 9.17) is 13.7 Å². The SMILES string of the molecule is COC1([C@@H]2C=C3[C@H](O)C[C@]4(O)C(CC[C@@]5(C)C4[C@@H](OS(=O)(=O)O)[C@H](O)[C@@H]5[C@H](C)/C=C/[C@H](CO)C(C)C)[C@@]3(C)CC2)OCC(O)C(O)C1O. The van der Waals surface area contributed by atoms with Crippen molar-refractivity contribution in [1.29, 1.82) is 0 Å². The molecule has 0 aromatic carbocycles. The van der Waals surface area contributed by atoms with Crippen molar-refractivity contribution >= 4 is 10.4 Å². The summed E-state index contributed by atoms with van der Waals surface area (Å²) in [6.45, 7) is 9.40. The molecule has 0 amide bonds. The summed E-state index contributed by atoms with van der Waals surface area (Å²) in [6, 6.07) is 0. The van der Waals surface area contributed by atoms with Crippen LogP contribution in [0.25, 0.3) is 0 Å². The molecule has 0 aromatic rings. The lowest BCUT2D eigenvalue weighted by molar-refractivity contribution is -0.348. The van der Waals surface area contributed by atoms with E-state index in [9.17, 15) is 48.7 Å². The van der Waals surface area contributed by atoms with Gasteiger partial charge in [0.1, 0.15) is 24.4 Å². The summed E-state index contributed by atoms with van der Waals surface area (Å²) in [5.74, 6) is -4.68. The van der Waals surface area contributed by atoms with Gasteiger partial charge in [-0.05, 0) is 65.8 Å². The minimum absolute atomic E-state index is 0.0593. The summed E-state index contributed by atoms with van der Waals surface area (Å²) >= 11 is 0. The van der Waals surface area contributed by atoms with Crippen LogP contribution in [-0.2, 0) is 24.1 Å². The Bertz CT molecular complexity index is 1350. The Morgan fingerprint density at radius 2 is 1.71 bits per heavy atom. The fourth-order valence-corrected chi connectivity index (χ4v) is 11.4. The first kappa shape index (κ1) is 38.2. The van der Waals surface area contributed by atoms with Crippen molar-refractivity contribution in [3.8, 4) is 0 Å².